The third-order valence-corrected chi connectivity index (χ3v) is 7.21. The Labute approximate surface area is 236 Å². The molecule has 1 fully saturated rings. The van der Waals surface area contributed by atoms with Crippen molar-refractivity contribution in [1.29, 1.82) is 0 Å². The van der Waals surface area contributed by atoms with E-state index in [4.69, 9.17) is 5.84 Å². The van der Waals surface area contributed by atoms with E-state index >= 15 is 0 Å². The minimum absolute atomic E-state index is 0.0933. The van der Waals surface area contributed by atoms with Crippen molar-refractivity contribution < 1.29 is 17.4 Å². The quantitative estimate of drug-likeness (QED) is 0.121. The molecule has 0 bridgehead atoms. The molecule has 3 rings (SSSR count). The highest BCUT2D eigenvalue weighted by molar-refractivity contribution is 7.83. The number of likely N-dealkylation sites (tertiary alicyclic amines) is 1. The molecule has 1 unspecified atom stereocenters. The van der Waals surface area contributed by atoms with Crippen molar-refractivity contribution in [3.63, 3.8) is 0 Å². The van der Waals surface area contributed by atoms with E-state index in [-0.39, 0.29) is 4.90 Å². The SMILES string of the molecule is C/C=C\C(=C/C1=CCCCC1)CN1CCCCC1.CC.NN/C=C/CCNS(=O)c1cccc(C(F)(F)F)c1. The van der Waals surface area contributed by atoms with Gasteiger partial charge in [-0.15, -0.1) is 0 Å². The standard InChI is InChI=1S/C17H27N.C11H14F3N3OS.C2H6/c1-2-9-17(14-16-10-5-3-6-11-16)15-18-12-7-4-8-13-18;12-11(13,14)9-4-3-5-10(8-9)19(18)17-7-2-1-6-16-15;1-2/h2,9-10,14H,3-8,11-13,15H2,1H3;1,3-6,8,16-17H,2,7,15H2;1-2H3/b9-2-,17-14+;6-1+;. The van der Waals surface area contributed by atoms with Gasteiger partial charge in [-0.2, -0.15) is 13.2 Å². The van der Waals surface area contributed by atoms with Gasteiger partial charge in [-0.05, 0) is 88.7 Å². The maximum atomic E-state index is 12.5. The van der Waals surface area contributed by atoms with E-state index in [1.807, 2.05) is 13.8 Å². The average Bonchev–Trinajstić information content (AvgIpc) is 2.95. The molecule has 9 heteroatoms. The van der Waals surface area contributed by atoms with Crippen LogP contribution in [0.5, 0.6) is 0 Å². The minimum Gasteiger partial charge on any atom is -0.332 e. The summed E-state index contributed by atoms with van der Waals surface area (Å²) in [4.78, 5) is 2.70. The van der Waals surface area contributed by atoms with Gasteiger partial charge in [0.1, 0.15) is 11.0 Å². The van der Waals surface area contributed by atoms with Gasteiger partial charge in [0.15, 0.2) is 0 Å². The second-order valence-electron chi connectivity index (χ2n) is 9.13. The number of hydrogen-bond donors (Lipinski definition) is 3. The summed E-state index contributed by atoms with van der Waals surface area (Å²) in [5.74, 6) is 5.00. The fourth-order valence-corrected chi connectivity index (χ4v) is 5.13. The summed E-state index contributed by atoms with van der Waals surface area (Å²) < 4.78 is 51.8. The number of alkyl halides is 3. The molecule has 1 aromatic rings. The van der Waals surface area contributed by atoms with E-state index in [2.05, 4.69) is 46.3 Å². The lowest BCUT2D eigenvalue weighted by Crippen LogP contribution is -2.31. The van der Waals surface area contributed by atoms with Crippen LogP contribution in [0.2, 0.25) is 0 Å². The van der Waals surface area contributed by atoms with Crippen molar-refractivity contribution in [1.82, 2.24) is 15.0 Å². The maximum absolute atomic E-state index is 12.5. The van der Waals surface area contributed by atoms with Crippen molar-refractivity contribution in [2.75, 3.05) is 26.2 Å². The number of benzene rings is 1. The lowest BCUT2D eigenvalue weighted by molar-refractivity contribution is -0.137. The number of piperidine rings is 1. The Hall–Kier alpha value is -2.20. The zero-order valence-electron chi connectivity index (χ0n) is 23.7. The van der Waals surface area contributed by atoms with Crippen molar-refractivity contribution >= 4 is 11.0 Å². The summed E-state index contributed by atoms with van der Waals surface area (Å²) in [5.41, 5.74) is 4.54. The molecule has 1 heterocycles. The number of hydrazine groups is 1. The Morgan fingerprint density at radius 1 is 1.13 bits per heavy atom. The molecule has 1 atom stereocenters. The number of nitrogens with two attached hydrogens (primary N) is 1. The maximum Gasteiger partial charge on any atom is 0.416 e. The Bertz CT molecular complexity index is 952. The van der Waals surface area contributed by atoms with E-state index in [1.165, 1.54) is 81.9 Å². The van der Waals surface area contributed by atoms with Crippen molar-refractivity contribution in [3.8, 4) is 0 Å². The summed E-state index contributed by atoms with van der Waals surface area (Å²) in [5, 5.41) is 0. The van der Waals surface area contributed by atoms with Crippen LogP contribution in [0.4, 0.5) is 13.2 Å². The van der Waals surface area contributed by atoms with Gasteiger partial charge in [-0.1, -0.05) is 62.3 Å². The van der Waals surface area contributed by atoms with Crippen LogP contribution in [0.1, 0.15) is 77.7 Å². The van der Waals surface area contributed by atoms with Gasteiger partial charge in [0, 0.05) is 19.3 Å². The van der Waals surface area contributed by atoms with Gasteiger partial charge in [-0.3, -0.25) is 10.7 Å². The summed E-state index contributed by atoms with van der Waals surface area (Å²) in [7, 11) is -1.67. The van der Waals surface area contributed by atoms with Crippen LogP contribution in [-0.2, 0) is 17.2 Å². The molecule has 2 aliphatic rings. The second kappa shape index (κ2) is 20.7. The van der Waals surface area contributed by atoms with Crippen LogP contribution in [0.15, 0.2) is 76.9 Å². The first-order valence-corrected chi connectivity index (χ1v) is 15.2. The van der Waals surface area contributed by atoms with Crippen molar-refractivity contribution in [2.45, 2.75) is 83.2 Å². The largest absolute Gasteiger partial charge is 0.416 e. The number of rotatable bonds is 10. The van der Waals surface area contributed by atoms with Crippen LogP contribution in [0, 0.1) is 0 Å². The molecule has 4 N–H and O–H groups in total. The number of allylic oxidation sites excluding steroid dienone is 4. The summed E-state index contributed by atoms with van der Waals surface area (Å²) >= 11 is 0. The number of halogens is 3. The molecule has 220 valence electrons. The molecule has 39 heavy (non-hydrogen) atoms. The Morgan fingerprint density at radius 3 is 2.49 bits per heavy atom. The Balaban J connectivity index is 0.000000367. The molecule has 1 aliphatic heterocycles. The van der Waals surface area contributed by atoms with E-state index in [0.29, 0.717) is 13.0 Å². The molecule has 0 amide bonds. The first kappa shape index (κ1) is 34.8. The van der Waals surface area contributed by atoms with Crippen LogP contribution in [0.3, 0.4) is 0 Å². The number of hydrogen-bond acceptors (Lipinski definition) is 4. The average molecular weight is 569 g/mol. The van der Waals surface area contributed by atoms with Crippen LogP contribution < -0.4 is 16.0 Å². The summed E-state index contributed by atoms with van der Waals surface area (Å²) in [6.07, 6.45) is 18.2. The second-order valence-corrected chi connectivity index (χ2v) is 10.4. The highest BCUT2D eigenvalue weighted by atomic mass is 32.2. The highest BCUT2D eigenvalue weighted by Crippen LogP contribution is 2.30. The topological polar surface area (TPSA) is 70.4 Å². The minimum atomic E-state index is -4.43. The molecule has 1 aliphatic carbocycles. The van der Waals surface area contributed by atoms with Crippen LogP contribution >= 0.6 is 0 Å². The number of nitrogens with zero attached hydrogens (tertiary/aromatic N) is 1. The Morgan fingerprint density at radius 2 is 1.87 bits per heavy atom. The van der Waals surface area contributed by atoms with E-state index in [0.717, 1.165) is 18.7 Å². The molecule has 1 aromatic carbocycles. The molecule has 0 radical (unpaired) electrons. The molecule has 0 saturated carbocycles. The van der Waals surface area contributed by atoms with Gasteiger partial charge in [0.25, 0.3) is 0 Å². The first-order chi connectivity index (χ1) is 18.8. The zero-order chi connectivity index (χ0) is 28.9. The van der Waals surface area contributed by atoms with Gasteiger partial charge in [-0.25, -0.2) is 8.93 Å². The van der Waals surface area contributed by atoms with E-state index in [9.17, 15) is 17.4 Å². The smallest absolute Gasteiger partial charge is 0.332 e. The van der Waals surface area contributed by atoms with E-state index in [1.54, 1.807) is 11.6 Å². The predicted octanol–water partition coefficient (Wildman–Crippen LogP) is 7.19. The van der Waals surface area contributed by atoms with Gasteiger partial charge in [0.05, 0.1) is 10.5 Å². The van der Waals surface area contributed by atoms with Gasteiger partial charge in [0.2, 0.25) is 0 Å². The molecule has 0 aromatic heterocycles. The molecular formula is C30H47F3N4OS. The van der Waals surface area contributed by atoms with Crippen molar-refractivity contribution in [3.05, 3.63) is 77.6 Å². The lowest BCUT2D eigenvalue weighted by atomic mass is 9.97. The lowest BCUT2D eigenvalue weighted by Gasteiger charge is -2.27. The fourth-order valence-electron chi connectivity index (χ4n) is 4.23. The molecule has 1 saturated heterocycles. The molecule has 5 nitrogen and oxygen atoms in total. The highest BCUT2D eigenvalue weighted by Gasteiger charge is 2.30. The summed E-state index contributed by atoms with van der Waals surface area (Å²) in [6, 6.07) is 4.43. The van der Waals surface area contributed by atoms with E-state index < -0.39 is 22.7 Å². The number of nitrogens with one attached hydrogen (secondary N) is 2. The Kier molecular flexibility index (Phi) is 18.5. The van der Waals surface area contributed by atoms with Crippen LogP contribution in [0.25, 0.3) is 0 Å². The first-order valence-electron chi connectivity index (χ1n) is 14.0. The third-order valence-electron chi connectivity index (χ3n) is 6.07. The van der Waals surface area contributed by atoms with Crippen LogP contribution in [-0.4, -0.2) is 35.3 Å². The predicted molar refractivity (Wildman–Crippen MR) is 158 cm³/mol. The van der Waals surface area contributed by atoms with Gasteiger partial charge < -0.3 is 5.43 Å². The summed E-state index contributed by atoms with van der Waals surface area (Å²) in [6.45, 7) is 10.2. The van der Waals surface area contributed by atoms with Gasteiger partial charge >= 0.3 is 6.18 Å². The third kappa shape index (κ3) is 15.2. The molecule has 0 spiro atoms. The molecular weight excluding hydrogens is 521 g/mol. The zero-order valence-corrected chi connectivity index (χ0v) is 24.6. The van der Waals surface area contributed by atoms with Crippen molar-refractivity contribution in [2.24, 2.45) is 5.84 Å². The fraction of sp³-hybridized carbons (Fsp3) is 0.533. The normalized spacial score (nSPS) is 17.6. The monoisotopic (exact) mass is 568 g/mol.